The summed E-state index contributed by atoms with van der Waals surface area (Å²) < 4.78 is 0. The van der Waals surface area contributed by atoms with Gasteiger partial charge in [-0.2, -0.15) is 0 Å². The number of hydrogen-bond acceptors (Lipinski definition) is 0. The van der Waals surface area contributed by atoms with Crippen LogP contribution >= 0.6 is 0 Å². The molecule has 1 unspecified atom stereocenters. The van der Waals surface area contributed by atoms with Crippen molar-refractivity contribution < 1.29 is 0 Å². The van der Waals surface area contributed by atoms with Gasteiger partial charge in [0.25, 0.3) is 0 Å². The summed E-state index contributed by atoms with van der Waals surface area (Å²) in [5.41, 5.74) is 1.58. The quantitative estimate of drug-likeness (QED) is 0.422. The molecular weight excluding hydrogens is 96.1 g/mol. The van der Waals surface area contributed by atoms with Crippen LogP contribution in [-0.2, 0) is 0 Å². The van der Waals surface area contributed by atoms with Crippen molar-refractivity contribution in [3.05, 3.63) is 11.6 Å². The van der Waals surface area contributed by atoms with Crippen LogP contribution in [0.3, 0.4) is 0 Å². The molecule has 0 radical (unpaired) electrons. The van der Waals surface area contributed by atoms with Crippen molar-refractivity contribution >= 4 is 0 Å². The summed E-state index contributed by atoms with van der Waals surface area (Å²) in [5.74, 6) is 0.875. The molecule has 0 saturated heterocycles. The Bertz CT molecular complexity index is 90.2. The van der Waals surface area contributed by atoms with E-state index in [9.17, 15) is 0 Å². The highest BCUT2D eigenvalue weighted by molar-refractivity contribution is 5.07. The van der Waals surface area contributed by atoms with Gasteiger partial charge in [-0.25, -0.2) is 0 Å². The van der Waals surface area contributed by atoms with Crippen LogP contribution in [0.15, 0.2) is 11.6 Å². The fraction of sp³-hybridized carbons (Fsp3) is 0.750. The molecule has 8 heavy (non-hydrogen) atoms. The molecule has 0 fully saturated rings. The van der Waals surface area contributed by atoms with Crippen LogP contribution < -0.4 is 0 Å². The second-order valence-electron chi connectivity index (χ2n) is 2.43. The molecule has 1 aliphatic carbocycles. The lowest BCUT2D eigenvalue weighted by atomic mass is 10.1. The third-order valence-electron chi connectivity index (χ3n) is 1.84. The van der Waals surface area contributed by atoms with E-state index in [4.69, 9.17) is 0 Å². The zero-order valence-corrected chi connectivity index (χ0v) is 5.07. The lowest BCUT2D eigenvalue weighted by molar-refractivity contribution is 0.670. The zero-order valence-electron chi connectivity index (χ0n) is 5.07. The molecule has 0 spiro atoms. The maximum atomic E-state index is 2.34. The van der Waals surface area contributed by atoms with Gasteiger partial charge in [-0.15, -0.1) is 0 Å². The monoisotopic (exact) mass is 112 g/mol. The van der Waals surface area contributed by atoms with Crippen molar-refractivity contribution in [1.29, 1.82) is 0 Å². The van der Waals surface area contributed by atoms with E-state index < -0.39 is 0 Å². The standard InChI is InChI=1S/C7H12.CH4/c1-6-4-3-5-7(6)2;/h4,7H,3,5H2,1-2H3;1H4. The molecule has 0 amide bonds. The van der Waals surface area contributed by atoms with Gasteiger partial charge in [-0.3, -0.25) is 0 Å². The first kappa shape index (κ1) is 7.74. The van der Waals surface area contributed by atoms with Crippen LogP contribution in [0.1, 0.15) is 34.1 Å². The Morgan fingerprint density at radius 3 is 2.38 bits per heavy atom. The Labute approximate surface area is 52.6 Å². The molecule has 1 atom stereocenters. The van der Waals surface area contributed by atoms with Gasteiger partial charge in [0, 0.05) is 0 Å². The number of rotatable bonds is 0. The van der Waals surface area contributed by atoms with Gasteiger partial charge in [-0.1, -0.05) is 26.0 Å². The van der Waals surface area contributed by atoms with E-state index in [1.807, 2.05) is 0 Å². The Morgan fingerprint density at radius 2 is 2.25 bits per heavy atom. The molecule has 0 N–H and O–H groups in total. The lowest BCUT2D eigenvalue weighted by Gasteiger charge is -1.98. The number of allylic oxidation sites excluding steroid dienone is 2. The maximum absolute atomic E-state index is 2.34. The molecule has 0 heterocycles. The van der Waals surface area contributed by atoms with Gasteiger partial charge < -0.3 is 0 Å². The van der Waals surface area contributed by atoms with Crippen molar-refractivity contribution in [3.63, 3.8) is 0 Å². The summed E-state index contributed by atoms with van der Waals surface area (Å²) in [6.45, 7) is 4.51. The molecule has 0 aromatic rings. The van der Waals surface area contributed by atoms with E-state index in [0.29, 0.717) is 0 Å². The van der Waals surface area contributed by atoms with E-state index >= 15 is 0 Å². The number of hydrogen-bond donors (Lipinski definition) is 0. The second kappa shape index (κ2) is 2.91. The van der Waals surface area contributed by atoms with Gasteiger partial charge in [-0.05, 0) is 25.7 Å². The Hall–Kier alpha value is -0.260. The van der Waals surface area contributed by atoms with Crippen molar-refractivity contribution in [1.82, 2.24) is 0 Å². The van der Waals surface area contributed by atoms with Crippen molar-refractivity contribution in [2.75, 3.05) is 0 Å². The third-order valence-corrected chi connectivity index (χ3v) is 1.84. The summed E-state index contributed by atoms with van der Waals surface area (Å²) in [4.78, 5) is 0. The van der Waals surface area contributed by atoms with Gasteiger partial charge in [0.1, 0.15) is 0 Å². The fourth-order valence-electron chi connectivity index (χ4n) is 0.990. The molecule has 0 nitrogen and oxygen atoms in total. The summed E-state index contributed by atoms with van der Waals surface area (Å²) in [6.07, 6.45) is 5.03. The van der Waals surface area contributed by atoms with Crippen LogP contribution in [-0.4, -0.2) is 0 Å². The first-order valence-corrected chi connectivity index (χ1v) is 2.97. The van der Waals surface area contributed by atoms with E-state index in [1.54, 1.807) is 5.57 Å². The van der Waals surface area contributed by atoms with E-state index in [1.165, 1.54) is 12.8 Å². The van der Waals surface area contributed by atoms with Crippen molar-refractivity contribution in [2.45, 2.75) is 34.1 Å². The SMILES string of the molecule is C.CC1=CCCC1C. The first-order chi connectivity index (χ1) is 3.30. The highest BCUT2D eigenvalue weighted by Gasteiger charge is 2.07. The van der Waals surface area contributed by atoms with Crippen LogP contribution in [0.5, 0.6) is 0 Å². The second-order valence-corrected chi connectivity index (χ2v) is 2.43. The molecule has 1 aliphatic rings. The van der Waals surface area contributed by atoms with Crippen LogP contribution in [0.2, 0.25) is 0 Å². The van der Waals surface area contributed by atoms with Gasteiger partial charge in [0.2, 0.25) is 0 Å². The average molecular weight is 112 g/mol. The Kier molecular flexibility index (Phi) is 2.81. The average Bonchev–Trinajstić information content (AvgIpc) is 1.91. The first-order valence-electron chi connectivity index (χ1n) is 2.97. The molecule has 48 valence electrons. The fourth-order valence-corrected chi connectivity index (χ4v) is 0.990. The van der Waals surface area contributed by atoms with Crippen LogP contribution in [0, 0.1) is 5.92 Å². The predicted molar refractivity (Wildman–Crippen MR) is 38.9 cm³/mol. The summed E-state index contributed by atoms with van der Waals surface area (Å²) >= 11 is 0. The topological polar surface area (TPSA) is 0 Å². The smallest absolute Gasteiger partial charge is 0.0231 e. The molecule has 0 saturated carbocycles. The molecule has 0 aromatic carbocycles. The minimum Gasteiger partial charge on any atom is -0.0853 e. The summed E-state index contributed by atoms with van der Waals surface area (Å²) in [6, 6.07) is 0. The normalized spacial score (nSPS) is 26.8. The van der Waals surface area contributed by atoms with Gasteiger partial charge >= 0.3 is 0 Å². The molecule has 1 rings (SSSR count). The Balaban J connectivity index is 0.000000490. The van der Waals surface area contributed by atoms with Crippen molar-refractivity contribution in [2.24, 2.45) is 5.92 Å². The van der Waals surface area contributed by atoms with Gasteiger partial charge in [0.05, 0.1) is 0 Å². The highest BCUT2D eigenvalue weighted by Crippen LogP contribution is 2.23. The minimum absolute atomic E-state index is 0. The molecule has 0 bridgehead atoms. The minimum atomic E-state index is 0. The summed E-state index contributed by atoms with van der Waals surface area (Å²) in [7, 11) is 0. The van der Waals surface area contributed by atoms with Crippen molar-refractivity contribution in [3.8, 4) is 0 Å². The van der Waals surface area contributed by atoms with Crippen LogP contribution in [0.4, 0.5) is 0 Å². The van der Waals surface area contributed by atoms with Gasteiger partial charge in [0.15, 0.2) is 0 Å². The van der Waals surface area contributed by atoms with Crippen LogP contribution in [0.25, 0.3) is 0 Å². The largest absolute Gasteiger partial charge is 0.0853 e. The van der Waals surface area contributed by atoms with E-state index in [2.05, 4.69) is 19.9 Å². The lowest BCUT2D eigenvalue weighted by Crippen LogP contribution is -1.85. The van der Waals surface area contributed by atoms with E-state index in [-0.39, 0.29) is 7.43 Å². The highest BCUT2D eigenvalue weighted by atomic mass is 14.1. The predicted octanol–water partition coefficient (Wildman–Crippen LogP) is 3.00. The molecule has 0 aromatic heterocycles. The zero-order chi connectivity index (χ0) is 5.28. The Morgan fingerprint density at radius 1 is 1.62 bits per heavy atom. The molecular formula is C8H16. The van der Waals surface area contributed by atoms with E-state index in [0.717, 1.165) is 5.92 Å². The summed E-state index contributed by atoms with van der Waals surface area (Å²) in [5, 5.41) is 0. The third kappa shape index (κ3) is 1.36. The molecule has 0 heteroatoms. The maximum Gasteiger partial charge on any atom is -0.0231 e. The molecule has 0 aliphatic heterocycles.